The lowest BCUT2D eigenvalue weighted by molar-refractivity contribution is 1.12. The first-order valence-electron chi connectivity index (χ1n) is 6.89. The normalized spacial score (nSPS) is 15.1. The summed E-state index contributed by atoms with van der Waals surface area (Å²) >= 11 is 0. The SMILES string of the molecule is C(=Cn1ccnc1)CN=C1Nc2cccc3cccc1c23. The van der Waals surface area contributed by atoms with Gasteiger partial charge >= 0.3 is 0 Å². The predicted molar refractivity (Wildman–Crippen MR) is 86.5 cm³/mol. The van der Waals surface area contributed by atoms with Crippen LogP contribution in [-0.2, 0) is 0 Å². The van der Waals surface area contributed by atoms with Gasteiger partial charge in [-0.15, -0.1) is 0 Å². The van der Waals surface area contributed by atoms with Crippen molar-refractivity contribution in [3.8, 4) is 0 Å². The molecule has 0 amide bonds. The number of nitrogens with zero attached hydrogens (tertiary/aromatic N) is 3. The molecular formula is C17H14N4. The van der Waals surface area contributed by atoms with Crippen molar-refractivity contribution in [1.29, 1.82) is 0 Å². The molecular weight excluding hydrogens is 260 g/mol. The Hall–Kier alpha value is -2.88. The van der Waals surface area contributed by atoms with Crippen molar-refractivity contribution in [2.24, 2.45) is 4.99 Å². The van der Waals surface area contributed by atoms with Gasteiger partial charge in [0.2, 0.25) is 0 Å². The van der Waals surface area contributed by atoms with E-state index in [1.54, 1.807) is 12.5 Å². The molecule has 1 aromatic heterocycles. The van der Waals surface area contributed by atoms with Gasteiger partial charge in [0, 0.05) is 35.2 Å². The second-order valence-electron chi connectivity index (χ2n) is 4.92. The van der Waals surface area contributed by atoms with E-state index in [1.165, 1.54) is 16.3 Å². The van der Waals surface area contributed by atoms with Gasteiger partial charge in [-0.2, -0.15) is 0 Å². The first-order valence-corrected chi connectivity index (χ1v) is 6.89. The predicted octanol–water partition coefficient (Wildman–Crippen LogP) is 3.38. The number of anilines is 1. The average molecular weight is 274 g/mol. The summed E-state index contributed by atoms with van der Waals surface area (Å²) < 4.78 is 1.90. The van der Waals surface area contributed by atoms with Gasteiger partial charge in [0.15, 0.2) is 0 Å². The lowest BCUT2D eigenvalue weighted by atomic mass is 10.1. The highest BCUT2D eigenvalue weighted by Crippen LogP contribution is 2.32. The van der Waals surface area contributed by atoms with Gasteiger partial charge in [0.05, 0.1) is 12.9 Å². The number of benzene rings is 2. The highest BCUT2D eigenvalue weighted by atomic mass is 15.0. The van der Waals surface area contributed by atoms with Crippen LogP contribution in [0.1, 0.15) is 5.56 Å². The number of hydrogen-bond donors (Lipinski definition) is 1. The summed E-state index contributed by atoms with van der Waals surface area (Å²) in [6, 6.07) is 12.6. The smallest absolute Gasteiger partial charge is 0.133 e. The van der Waals surface area contributed by atoms with E-state index in [0.29, 0.717) is 6.54 Å². The van der Waals surface area contributed by atoms with Crippen molar-refractivity contribution in [2.45, 2.75) is 0 Å². The minimum atomic E-state index is 0.630. The van der Waals surface area contributed by atoms with Crippen LogP contribution in [0.2, 0.25) is 0 Å². The first-order chi connectivity index (χ1) is 10.4. The first kappa shape index (κ1) is 11.9. The van der Waals surface area contributed by atoms with Crippen LogP contribution >= 0.6 is 0 Å². The Bertz CT molecular complexity index is 839. The molecule has 2 aromatic carbocycles. The summed E-state index contributed by atoms with van der Waals surface area (Å²) in [5, 5.41) is 5.91. The summed E-state index contributed by atoms with van der Waals surface area (Å²) in [7, 11) is 0. The number of aliphatic imine (C=N–C) groups is 1. The molecule has 0 saturated heterocycles. The Morgan fingerprint density at radius 1 is 1.19 bits per heavy atom. The zero-order valence-corrected chi connectivity index (χ0v) is 11.4. The zero-order valence-electron chi connectivity index (χ0n) is 11.4. The summed E-state index contributed by atoms with van der Waals surface area (Å²) in [5.74, 6) is 0.942. The number of rotatable bonds is 3. The van der Waals surface area contributed by atoms with Gasteiger partial charge in [0.25, 0.3) is 0 Å². The molecule has 0 spiro atoms. The molecule has 1 aliphatic rings. The quantitative estimate of drug-likeness (QED) is 0.795. The summed E-state index contributed by atoms with van der Waals surface area (Å²) in [6.07, 6.45) is 9.38. The monoisotopic (exact) mass is 274 g/mol. The lowest BCUT2D eigenvalue weighted by Gasteiger charge is -1.99. The minimum Gasteiger partial charge on any atom is -0.339 e. The second kappa shape index (κ2) is 4.90. The summed E-state index contributed by atoms with van der Waals surface area (Å²) in [4.78, 5) is 8.64. The Morgan fingerprint density at radius 2 is 2.10 bits per heavy atom. The number of amidine groups is 1. The molecule has 0 fully saturated rings. The molecule has 3 aromatic rings. The van der Waals surface area contributed by atoms with E-state index in [1.807, 2.05) is 23.0 Å². The molecule has 0 unspecified atom stereocenters. The van der Waals surface area contributed by atoms with Gasteiger partial charge in [-0.25, -0.2) is 4.98 Å². The fourth-order valence-corrected chi connectivity index (χ4v) is 2.63. The van der Waals surface area contributed by atoms with Crippen LogP contribution in [0.25, 0.3) is 17.0 Å². The van der Waals surface area contributed by atoms with E-state index in [-0.39, 0.29) is 0 Å². The molecule has 2 heterocycles. The fourth-order valence-electron chi connectivity index (χ4n) is 2.63. The molecule has 0 radical (unpaired) electrons. The van der Waals surface area contributed by atoms with Crippen molar-refractivity contribution in [1.82, 2.24) is 9.55 Å². The molecule has 21 heavy (non-hydrogen) atoms. The minimum absolute atomic E-state index is 0.630. The van der Waals surface area contributed by atoms with Crippen LogP contribution in [0.4, 0.5) is 5.69 Å². The number of imidazole rings is 1. The zero-order chi connectivity index (χ0) is 14.1. The molecule has 0 bridgehead atoms. The van der Waals surface area contributed by atoms with E-state index in [9.17, 15) is 0 Å². The molecule has 4 heteroatoms. The Labute approximate surface area is 122 Å². The Kier molecular flexibility index (Phi) is 2.78. The third kappa shape index (κ3) is 2.10. The van der Waals surface area contributed by atoms with Crippen LogP contribution in [0, 0.1) is 0 Å². The second-order valence-corrected chi connectivity index (χ2v) is 4.92. The third-order valence-electron chi connectivity index (χ3n) is 3.57. The van der Waals surface area contributed by atoms with E-state index in [2.05, 4.69) is 51.7 Å². The van der Waals surface area contributed by atoms with E-state index < -0.39 is 0 Å². The Balaban J connectivity index is 1.61. The van der Waals surface area contributed by atoms with Crippen molar-refractivity contribution in [2.75, 3.05) is 11.9 Å². The molecule has 1 aliphatic heterocycles. The molecule has 4 rings (SSSR count). The molecule has 0 aliphatic carbocycles. The van der Waals surface area contributed by atoms with Gasteiger partial charge in [-0.3, -0.25) is 4.99 Å². The van der Waals surface area contributed by atoms with Crippen molar-refractivity contribution in [3.05, 3.63) is 66.8 Å². The maximum Gasteiger partial charge on any atom is 0.133 e. The maximum atomic E-state index is 4.65. The van der Waals surface area contributed by atoms with Crippen molar-refractivity contribution < 1.29 is 0 Å². The van der Waals surface area contributed by atoms with Crippen LogP contribution in [-0.4, -0.2) is 21.9 Å². The van der Waals surface area contributed by atoms with Crippen LogP contribution in [0.3, 0.4) is 0 Å². The van der Waals surface area contributed by atoms with Crippen molar-refractivity contribution in [3.63, 3.8) is 0 Å². The molecule has 0 atom stereocenters. The Morgan fingerprint density at radius 3 is 2.95 bits per heavy atom. The van der Waals surface area contributed by atoms with Gasteiger partial charge < -0.3 is 9.88 Å². The van der Waals surface area contributed by atoms with E-state index >= 15 is 0 Å². The van der Waals surface area contributed by atoms with Crippen LogP contribution in [0.15, 0.2) is 66.2 Å². The fraction of sp³-hybridized carbons (Fsp3) is 0.0588. The van der Waals surface area contributed by atoms with Gasteiger partial charge in [0.1, 0.15) is 5.84 Å². The lowest BCUT2D eigenvalue weighted by Crippen LogP contribution is -2.07. The number of hydrogen-bond acceptors (Lipinski definition) is 2. The summed E-state index contributed by atoms with van der Waals surface area (Å²) in [5.41, 5.74) is 2.32. The molecule has 102 valence electrons. The maximum absolute atomic E-state index is 4.65. The molecule has 0 saturated carbocycles. The standard InChI is InChI=1S/C17H14N4/c1-4-13-5-2-7-15-16(13)14(6-1)17(20-15)19-8-3-10-21-11-9-18-12-21/h1-7,9-12H,8H2,(H,19,20). The van der Waals surface area contributed by atoms with Crippen LogP contribution < -0.4 is 5.32 Å². The highest BCUT2D eigenvalue weighted by molar-refractivity contribution is 6.25. The topological polar surface area (TPSA) is 42.2 Å². The van der Waals surface area contributed by atoms with Crippen molar-refractivity contribution >= 4 is 28.5 Å². The number of nitrogens with one attached hydrogen (secondary N) is 1. The van der Waals surface area contributed by atoms with Gasteiger partial charge in [-0.05, 0) is 17.5 Å². The van der Waals surface area contributed by atoms with Crippen LogP contribution in [0.5, 0.6) is 0 Å². The van der Waals surface area contributed by atoms with E-state index in [0.717, 1.165) is 11.5 Å². The third-order valence-corrected chi connectivity index (χ3v) is 3.57. The average Bonchev–Trinajstić information content (AvgIpc) is 3.14. The molecule has 4 nitrogen and oxygen atoms in total. The largest absolute Gasteiger partial charge is 0.339 e. The highest BCUT2D eigenvalue weighted by Gasteiger charge is 2.18. The van der Waals surface area contributed by atoms with E-state index in [4.69, 9.17) is 0 Å². The number of aromatic nitrogens is 2. The van der Waals surface area contributed by atoms with Gasteiger partial charge in [-0.1, -0.05) is 30.3 Å². The molecule has 1 N–H and O–H groups in total. The summed E-state index contributed by atoms with van der Waals surface area (Å²) in [6.45, 7) is 0.630.